The molecule has 0 aliphatic rings. The molecule has 86 valence electrons. The van der Waals surface area contributed by atoms with Crippen LogP contribution in [0, 0.1) is 18.6 Å². The van der Waals surface area contributed by atoms with E-state index in [9.17, 15) is 8.78 Å². The highest BCUT2D eigenvalue weighted by atomic mass is 19.1. The number of hydrogen-bond acceptors (Lipinski definition) is 3. The van der Waals surface area contributed by atoms with E-state index < -0.39 is 11.6 Å². The number of aromatic amines is 1. The van der Waals surface area contributed by atoms with Crippen LogP contribution in [0.15, 0.2) is 22.9 Å². The number of rotatable bonds is 1. The number of aromatic nitrogens is 3. The molecule has 2 heterocycles. The zero-order chi connectivity index (χ0) is 12.0. The van der Waals surface area contributed by atoms with Crippen molar-refractivity contribution < 1.29 is 13.2 Å². The molecule has 6 heteroatoms. The highest BCUT2D eigenvalue weighted by molar-refractivity contribution is 5.79. The van der Waals surface area contributed by atoms with E-state index in [1.165, 1.54) is 12.5 Å². The van der Waals surface area contributed by atoms with Gasteiger partial charge in [-0.25, -0.2) is 18.7 Å². The smallest absolute Gasteiger partial charge is 0.192 e. The molecule has 0 atom stereocenters. The zero-order valence-electron chi connectivity index (χ0n) is 8.79. The van der Waals surface area contributed by atoms with Gasteiger partial charge in [-0.3, -0.25) is 0 Å². The molecule has 0 fully saturated rings. The Morgan fingerprint density at radius 3 is 2.82 bits per heavy atom. The fourth-order valence-corrected chi connectivity index (χ4v) is 1.68. The van der Waals surface area contributed by atoms with E-state index in [1.807, 2.05) is 0 Å². The van der Waals surface area contributed by atoms with Crippen LogP contribution in [0.5, 0.6) is 0 Å². The molecule has 0 unspecified atom stereocenters. The third-order valence-corrected chi connectivity index (χ3v) is 2.47. The Morgan fingerprint density at radius 1 is 1.29 bits per heavy atom. The largest absolute Gasteiger partial charge is 0.440 e. The number of fused-ring (bicyclic) bond motifs is 1. The normalized spacial score (nSPS) is 11.2. The van der Waals surface area contributed by atoms with Gasteiger partial charge in [0.15, 0.2) is 23.8 Å². The molecule has 1 N–H and O–H groups in total. The summed E-state index contributed by atoms with van der Waals surface area (Å²) in [4.78, 5) is 10.7. The molecule has 0 spiro atoms. The summed E-state index contributed by atoms with van der Waals surface area (Å²) in [6, 6.07) is 1.97. The predicted molar refractivity (Wildman–Crippen MR) is 56.2 cm³/mol. The highest BCUT2D eigenvalue weighted by Gasteiger charge is 2.14. The maximum atomic E-state index is 13.4. The number of aryl methyl sites for hydroxylation is 1. The van der Waals surface area contributed by atoms with Gasteiger partial charge >= 0.3 is 0 Å². The molecule has 3 aromatic rings. The van der Waals surface area contributed by atoms with E-state index in [4.69, 9.17) is 4.42 Å². The fourth-order valence-electron chi connectivity index (χ4n) is 1.68. The molecule has 17 heavy (non-hydrogen) atoms. The Morgan fingerprint density at radius 2 is 2.12 bits per heavy atom. The summed E-state index contributed by atoms with van der Waals surface area (Å²) in [6.45, 7) is 1.74. The van der Waals surface area contributed by atoms with Gasteiger partial charge in [-0.15, -0.1) is 0 Å². The van der Waals surface area contributed by atoms with Gasteiger partial charge in [-0.05, 0) is 13.0 Å². The van der Waals surface area contributed by atoms with Crippen molar-refractivity contribution in [2.24, 2.45) is 0 Å². The Kier molecular flexibility index (Phi) is 1.98. The van der Waals surface area contributed by atoms with Gasteiger partial charge in [0.1, 0.15) is 11.3 Å². The van der Waals surface area contributed by atoms with Crippen molar-refractivity contribution in [1.82, 2.24) is 15.0 Å². The van der Waals surface area contributed by atoms with Gasteiger partial charge in [-0.2, -0.15) is 0 Å². The molecular formula is C11H7F2N3O. The van der Waals surface area contributed by atoms with E-state index in [0.29, 0.717) is 17.3 Å². The predicted octanol–water partition coefficient (Wildman–Crippen LogP) is 2.80. The number of H-pyrrole nitrogens is 1. The summed E-state index contributed by atoms with van der Waals surface area (Å²) in [5.74, 6) is -0.611. The van der Waals surface area contributed by atoms with Crippen molar-refractivity contribution in [3.8, 4) is 11.6 Å². The van der Waals surface area contributed by atoms with Crippen molar-refractivity contribution in [1.29, 1.82) is 0 Å². The van der Waals surface area contributed by atoms with Gasteiger partial charge in [0, 0.05) is 6.07 Å². The molecule has 2 aromatic heterocycles. The van der Waals surface area contributed by atoms with Crippen molar-refractivity contribution >= 4 is 11.0 Å². The van der Waals surface area contributed by atoms with Gasteiger partial charge in [0.05, 0.1) is 11.2 Å². The van der Waals surface area contributed by atoms with Gasteiger partial charge in [0.25, 0.3) is 0 Å². The number of nitrogens with one attached hydrogen (secondary N) is 1. The maximum Gasteiger partial charge on any atom is 0.192 e. The molecule has 0 aliphatic heterocycles. The van der Waals surface area contributed by atoms with Crippen molar-refractivity contribution in [3.63, 3.8) is 0 Å². The molecule has 0 saturated heterocycles. The molecule has 3 rings (SSSR count). The molecule has 1 aromatic carbocycles. The minimum Gasteiger partial charge on any atom is -0.440 e. The van der Waals surface area contributed by atoms with Crippen LogP contribution >= 0.6 is 0 Å². The first-order valence-electron chi connectivity index (χ1n) is 4.90. The lowest BCUT2D eigenvalue weighted by Gasteiger charge is -1.90. The summed E-state index contributed by atoms with van der Waals surface area (Å²) in [5, 5.41) is 0. The Balaban J connectivity index is 2.27. The molecular weight excluding hydrogens is 228 g/mol. The third-order valence-electron chi connectivity index (χ3n) is 2.47. The number of imidazole rings is 1. The van der Waals surface area contributed by atoms with Crippen LogP contribution in [-0.2, 0) is 0 Å². The average Bonchev–Trinajstić information content (AvgIpc) is 2.83. The summed E-state index contributed by atoms with van der Waals surface area (Å²) in [5.41, 5.74) is 0.996. The summed E-state index contributed by atoms with van der Waals surface area (Å²) in [6.07, 6.45) is 1.27. The standard InChI is InChI=1S/C11H7F2N3O/c1-5-10(17-4-14-5)11-15-8-3-6(12)2-7(13)9(8)16-11/h2-4H,1H3,(H,15,16). The van der Waals surface area contributed by atoms with E-state index in [2.05, 4.69) is 15.0 Å². The fraction of sp³-hybridized carbons (Fsp3) is 0.0909. The van der Waals surface area contributed by atoms with Gasteiger partial charge in [0.2, 0.25) is 0 Å². The summed E-state index contributed by atoms with van der Waals surface area (Å²) in [7, 11) is 0. The van der Waals surface area contributed by atoms with Crippen LogP contribution in [0.4, 0.5) is 8.78 Å². The zero-order valence-corrected chi connectivity index (χ0v) is 8.79. The second-order valence-electron chi connectivity index (χ2n) is 3.64. The Labute approximate surface area is 94.3 Å². The average molecular weight is 235 g/mol. The van der Waals surface area contributed by atoms with Crippen LogP contribution in [-0.4, -0.2) is 15.0 Å². The van der Waals surface area contributed by atoms with E-state index in [1.54, 1.807) is 6.92 Å². The first-order valence-corrected chi connectivity index (χ1v) is 4.90. The lowest BCUT2D eigenvalue weighted by molar-refractivity contribution is 0.567. The van der Waals surface area contributed by atoms with Crippen molar-refractivity contribution in [3.05, 3.63) is 35.9 Å². The molecule has 4 nitrogen and oxygen atoms in total. The Bertz CT molecular complexity index is 702. The van der Waals surface area contributed by atoms with Crippen LogP contribution in [0.3, 0.4) is 0 Å². The number of oxazole rings is 1. The molecule has 0 radical (unpaired) electrons. The SMILES string of the molecule is Cc1ncoc1-c1nc2c(F)cc(F)cc2[nH]1. The molecule has 0 amide bonds. The third kappa shape index (κ3) is 1.49. The summed E-state index contributed by atoms with van der Waals surface area (Å²) < 4.78 is 31.6. The topological polar surface area (TPSA) is 54.7 Å². The first-order chi connectivity index (χ1) is 8.15. The molecule has 0 bridgehead atoms. The van der Waals surface area contributed by atoms with Crippen LogP contribution in [0.25, 0.3) is 22.6 Å². The second kappa shape index (κ2) is 3.38. The molecule has 0 saturated carbocycles. The van der Waals surface area contributed by atoms with Gasteiger partial charge in [-0.1, -0.05) is 0 Å². The first kappa shape index (κ1) is 9.95. The van der Waals surface area contributed by atoms with Crippen LogP contribution in [0.1, 0.15) is 5.69 Å². The minimum atomic E-state index is -0.709. The van der Waals surface area contributed by atoms with Crippen LogP contribution < -0.4 is 0 Å². The molecule has 0 aliphatic carbocycles. The van der Waals surface area contributed by atoms with Gasteiger partial charge < -0.3 is 9.40 Å². The van der Waals surface area contributed by atoms with E-state index >= 15 is 0 Å². The van der Waals surface area contributed by atoms with Crippen LogP contribution in [0.2, 0.25) is 0 Å². The quantitative estimate of drug-likeness (QED) is 0.705. The highest BCUT2D eigenvalue weighted by Crippen LogP contribution is 2.24. The number of nitrogens with zero attached hydrogens (tertiary/aromatic N) is 2. The van der Waals surface area contributed by atoms with E-state index in [-0.39, 0.29) is 11.0 Å². The summed E-state index contributed by atoms with van der Waals surface area (Å²) >= 11 is 0. The lowest BCUT2D eigenvalue weighted by Crippen LogP contribution is -1.81. The lowest BCUT2D eigenvalue weighted by atomic mass is 10.3. The van der Waals surface area contributed by atoms with Crippen molar-refractivity contribution in [2.45, 2.75) is 6.92 Å². The number of benzene rings is 1. The van der Waals surface area contributed by atoms with E-state index in [0.717, 1.165) is 6.07 Å². The minimum absolute atomic E-state index is 0.0807. The monoisotopic (exact) mass is 235 g/mol. The Hall–Kier alpha value is -2.24. The second-order valence-corrected chi connectivity index (χ2v) is 3.64. The van der Waals surface area contributed by atoms with Crippen molar-refractivity contribution in [2.75, 3.05) is 0 Å². The number of hydrogen-bond donors (Lipinski definition) is 1. The number of halogens is 2. The maximum absolute atomic E-state index is 13.4.